The molecule has 13 aromatic rings. The standard InChI is InChI=1S/C70H49N3S/c1-6-21-50(22-7-1)52-37-39-58(40-38-52)72(57-30-14-5-15-31-57)62-47-54(46-61(48-62)71(55-26-10-3-11-27-55)56-28-12-4-13-29-56)63-43-44-68(65-34-17-16-33-64(63)65)73(59-32-20-25-53(45-59)51-23-8-2-9-24-51)60-41-42-67-66-35-18-19-36-69(66)74-70(67)49-60/h1-49H. The quantitative estimate of drug-likeness (QED) is 0.121. The summed E-state index contributed by atoms with van der Waals surface area (Å²) in [7, 11) is 0. The molecular weight excluding hydrogens is 915 g/mol. The molecule has 0 amide bonds. The second kappa shape index (κ2) is 19.6. The van der Waals surface area contributed by atoms with Crippen molar-refractivity contribution in [2.45, 2.75) is 0 Å². The minimum absolute atomic E-state index is 1.04. The zero-order chi connectivity index (χ0) is 49.2. The van der Waals surface area contributed by atoms with Crippen molar-refractivity contribution in [3.8, 4) is 33.4 Å². The highest BCUT2D eigenvalue weighted by atomic mass is 32.1. The van der Waals surface area contributed by atoms with Gasteiger partial charge in [-0.2, -0.15) is 0 Å². The summed E-state index contributed by atoms with van der Waals surface area (Å²) in [5.74, 6) is 0. The lowest BCUT2D eigenvalue weighted by Gasteiger charge is -2.31. The van der Waals surface area contributed by atoms with Gasteiger partial charge < -0.3 is 14.7 Å². The van der Waals surface area contributed by atoms with Gasteiger partial charge in [0.2, 0.25) is 0 Å². The topological polar surface area (TPSA) is 9.72 Å². The summed E-state index contributed by atoms with van der Waals surface area (Å²) >= 11 is 1.85. The molecule has 0 unspecified atom stereocenters. The number of fused-ring (bicyclic) bond motifs is 4. The van der Waals surface area contributed by atoms with Crippen LogP contribution in [0.4, 0.5) is 51.2 Å². The third-order valence-electron chi connectivity index (χ3n) is 14.0. The number of para-hydroxylation sites is 3. The van der Waals surface area contributed by atoms with E-state index in [4.69, 9.17) is 0 Å². The van der Waals surface area contributed by atoms with E-state index in [0.29, 0.717) is 0 Å². The Labute approximate surface area is 436 Å². The first-order valence-corrected chi connectivity index (χ1v) is 26.0. The van der Waals surface area contributed by atoms with Crippen molar-refractivity contribution in [2.75, 3.05) is 14.7 Å². The summed E-state index contributed by atoms with van der Waals surface area (Å²) in [5.41, 5.74) is 16.6. The Hall–Kier alpha value is -9.48. The zero-order valence-corrected chi connectivity index (χ0v) is 41.4. The summed E-state index contributed by atoms with van der Waals surface area (Å²) in [5, 5.41) is 4.88. The SMILES string of the molecule is c1ccc(-c2ccc(N(c3ccccc3)c3cc(-c4ccc(N(c5cccc(-c6ccccc6)c5)c5ccc6c(c5)sc5ccccc56)c5ccccc45)cc(N(c4ccccc4)c4ccccc4)c3)cc2)cc1. The normalized spacial score (nSPS) is 11.2. The maximum Gasteiger partial charge on any atom is 0.0540 e. The summed E-state index contributed by atoms with van der Waals surface area (Å²) in [4.78, 5) is 7.21. The van der Waals surface area contributed by atoms with Crippen molar-refractivity contribution >= 4 is 93.5 Å². The van der Waals surface area contributed by atoms with Gasteiger partial charge in [0.05, 0.1) is 5.69 Å². The second-order valence-electron chi connectivity index (χ2n) is 18.5. The van der Waals surface area contributed by atoms with Crippen LogP contribution in [0, 0.1) is 0 Å². The highest BCUT2D eigenvalue weighted by molar-refractivity contribution is 7.25. The van der Waals surface area contributed by atoms with Crippen LogP contribution in [0.1, 0.15) is 0 Å². The second-order valence-corrected chi connectivity index (χ2v) is 19.6. The van der Waals surface area contributed by atoms with Gasteiger partial charge in [-0.25, -0.2) is 0 Å². The van der Waals surface area contributed by atoms with Gasteiger partial charge in [-0.05, 0) is 142 Å². The van der Waals surface area contributed by atoms with E-state index in [2.05, 4.69) is 312 Å². The van der Waals surface area contributed by atoms with Crippen LogP contribution >= 0.6 is 11.3 Å². The van der Waals surface area contributed by atoms with Gasteiger partial charge >= 0.3 is 0 Å². The van der Waals surface area contributed by atoms with Crippen LogP contribution in [-0.2, 0) is 0 Å². The fourth-order valence-corrected chi connectivity index (χ4v) is 11.7. The average Bonchev–Trinajstić information content (AvgIpc) is 3.85. The van der Waals surface area contributed by atoms with Gasteiger partial charge in [0.25, 0.3) is 0 Å². The van der Waals surface area contributed by atoms with Crippen LogP contribution < -0.4 is 14.7 Å². The number of nitrogens with zero attached hydrogens (tertiary/aromatic N) is 3. The zero-order valence-electron chi connectivity index (χ0n) is 40.5. The molecule has 0 atom stereocenters. The molecule has 0 N–H and O–H groups in total. The van der Waals surface area contributed by atoms with E-state index in [1.807, 2.05) is 11.3 Å². The Morgan fingerprint density at radius 2 is 0.622 bits per heavy atom. The molecule has 1 heterocycles. The fraction of sp³-hybridized carbons (Fsp3) is 0. The van der Waals surface area contributed by atoms with E-state index in [1.54, 1.807) is 0 Å². The Bertz CT molecular complexity index is 4030. The first-order valence-electron chi connectivity index (χ1n) is 25.2. The molecule has 0 saturated heterocycles. The molecule has 0 spiro atoms. The maximum atomic E-state index is 2.45. The van der Waals surface area contributed by atoms with E-state index < -0.39 is 0 Å². The summed E-state index contributed by atoms with van der Waals surface area (Å²) in [6.45, 7) is 0. The van der Waals surface area contributed by atoms with Gasteiger partial charge in [-0.1, -0.05) is 194 Å². The van der Waals surface area contributed by atoms with Crippen molar-refractivity contribution in [1.82, 2.24) is 0 Å². The minimum atomic E-state index is 1.04. The molecular formula is C70H49N3S. The maximum absolute atomic E-state index is 2.45. The molecule has 4 heteroatoms. The van der Waals surface area contributed by atoms with Crippen molar-refractivity contribution in [2.24, 2.45) is 0 Å². The molecule has 350 valence electrons. The third kappa shape index (κ3) is 8.53. The van der Waals surface area contributed by atoms with Crippen LogP contribution in [0.2, 0.25) is 0 Å². The number of benzene rings is 12. The van der Waals surface area contributed by atoms with Gasteiger partial charge in [0.1, 0.15) is 0 Å². The van der Waals surface area contributed by atoms with Crippen LogP contribution in [-0.4, -0.2) is 0 Å². The Balaban J connectivity index is 1.03. The van der Waals surface area contributed by atoms with Crippen molar-refractivity contribution in [3.05, 3.63) is 297 Å². The van der Waals surface area contributed by atoms with Crippen molar-refractivity contribution in [3.63, 3.8) is 0 Å². The first kappa shape index (κ1) is 44.5. The average molecular weight is 964 g/mol. The molecule has 13 rings (SSSR count). The Kier molecular flexibility index (Phi) is 11.8. The van der Waals surface area contributed by atoms with E-state index in [1.165, 1.54) is 42.4 Å². The summed E-state index contributed by atoms with van der Waals surface area (Å²) < 4.78 is 2.55. The van der Waals surface area contributed by atoms with E-state index in [0.717, 1.165) is 73.1 Å². The van der Waals surface area contributed by atoms with E-state index >= 15 is 0 Å². The molecule has 0 aliphatic heterocycles. The molecule has 0 saturated carbocycles. The molecule has 12 aromatic carbocycles. The molecule has 0 aliphatic rings. The van der Waals surface area contributed by atoms with Crippen molar-refractivity contribution < 1.29 is 0 Å². The van der Waals surface area contributed by atoms with Crippen molar-refractivity contribution in [1.29, 1.82) is 0 Å². The predicted octanol–water partition coefficient (Wildman–Crippen LogP) is 20.6. The third-order valence-corrected chi connectivity index (χ3v) is 15.1. The number of rotatable bonds is 12. The van der Waals surface area contributed by atoms with E-state index in [-0.39, 0.29) is 0 Å². The van der Waals surface area contributed by atoms with Gasteiger partial charge in [-0.15, -0.1) is 11.3 Å². The lowest BCUT2D eigenvalue weighted by Crippen LogP contribution is -2.13. The number of thiophene rings is 1. The molecule has 0 radical (unpaired) electrons. The fourth-order valence-electron chi connectivity index (χ4n) is 10.5. The van der Waals surface area contributed by atoms with Gasteiger partial charge in [-0.3, -0.25) is 0 Å². The number of anilines is 9. The predicted molar refractivity (Wildman–Crippen MR) is 317 cm³/mol. The van der Waals surface area contributed by atoms with Crippen LogP contribution in [0.3, 0.4) is 0 Å². The van der Waals surface area contributed by atoms with Crippen LogP contribution in [0.15, 0.2) is 297 Å². The molecule has 0 bridgehead atoms. The van der Waals surface area contributed by atoms with E-state index in [9.17, 15) is 0 Å². The Morgan fingerprint density at radius 3 is 1.23 bits per heavy atom. The minimum Gasteiger partial charge on any atom is -0.310 e. The number of hydrogen-bond donors (Lipinski definition) is 0. The lowest BCUT2D eigenvalue weighted by atomic mass is 9.94. The smallest absolute Gasteiger partial charge is 0.0540 e. The number of hydrogen-bond acceptors (Lipinski definition) is 4. The van der Waals surface area contributed by atoms with Crippen LogP contribution in [0.5, 0.6) is 0 Å². The largest absolute Gasteiger partial charge is 0.310 e. The first-order chi connectivity index (χ1) is 36.7. The van der Waals surface area contributed by atoms with Gasteiger partial charge in [0, 0.05) is 71.1 Å². The summed E-state index contributed by atoms with van der Waals surface area (Å²) in [6, 6.07) is 108. The summed E-state index contributed by atoms with van der Waals surface area (Å²) in [6.07, 6.45) is 0. The molecule has 74 heavy (non-hydrogen) atoms. The molecule has 0 aliphatic carbocycles. The Morgan fingerprint density at radius 1 is 0.203 bits per heavy atom. The van der Waals surface area contributed by atoms with Gasteiger partial charge in [0.15, 0.2) is 0 Å². The lowest BCUT2D eigenvalue weighted by molar-refractivity contribution is 1.25. The molecule has 1 aromatic heterocycles. The van der Waals surface area contributed by atoms with Crippen LogP contribution in [0.25, 0.3) is 64.3 Å². The highest BCUT2D eigenvalue weighted by Gasteiger charge is 2.23. The monoisotopic (exact) mass is 963 g/mol. The molecule has 0 fully saturated rings. The molecule has 3 nitrogen and oxygen atoms in total. The highest BCUT2D eigenvalue weighted by Crippen LogP contribution is 2.48.